The summed E-state index contributed by atoms with van der Waals surface area (Å²) >= 11 is 6.11. The van der Waals surface area contributed by atoms with Crippen molar-refractivity contribution < 1.29 is 4.79 Å². The van der Waals surface area contributed by atoms with Gasteiger partial charge in [0.2, 0.25) is 0 Å². The van der Waals surface area contributed by atoms with Gasteiger partial charge in [0.15, 0.2) is 0 Å². The van der Waals surface area contributed by atoms with Crippen molar-refractivity contribution in [3.8, 4) is 0 Å². The fraction of sp³-hybridized carbons (Fsp3) is 0.467. The molecular formula is C15H21ClN6O. The zero-order chi connectivity index (χ0) is 16.6. The molecule has 2 saturated heterocycles. The summed E-state index contributed by atoms with van der Waals surface area (Å²) in [7, 11) is 0. The summed E-state index contributed by atoms with van der Waals surface area (Å²) in [5.74, 6) is 5.64. The molecule has 2 aliphatic heterocycles. The van der Waals surface area contributed by atoms with Crippen LogP contribution in [0.1, 0.15) is 18.4 Å². The van der Waals surface area contributed by atoms with Crippen molar-refractivity contribution in [2.75, 3.05) is 36.8 Å². The monoisotopic (exact) mass is 336 g/mol. The van der Waals surface area contributed by atoms with Crippen LogP contribution < -0.4 is 16.5 Å². The van der Waals surface area contributed by atoms with Crippen molar-refractivity contribution in [2.24, 2.45) is 5.84 Å². The van der Waals surface area contributed by atoms with Gasteiger partial charge in [-0.3, -0.25) is 5.01 Å². The molecule has 0 spiro atoms. The van der Waals surface area contributed by atoms with Crippen LogP contribution in [-0.2, 0) is 0 Å². The highest BCUT2D eigenvalue weighted by Crippen LogP contribution is 2.32. The molecule has 8 heteroatoms. The first-order chi connectivity index (χ1) is 11.0. The van der Waals surface area contributed by atoms with Gasteiger partial charge >= 0.3 is 6.03 Å². The van der Waals surface area contributed by atoms with Crippen LogP contribution in [0.5, 0.6) is 0 Å². The van der Waals surface area contributed by atoms with E-state index < -0.39 is 0 Å². The molecule has 2 fully saturated rings. The van der Waals surface area contributed by atoms with Gasteiger partial charge in [-0.15, -0.1) is 0 Å². The molecular weight excluding hydrogens is 316 g/mol. The number of rotatable bonds is 3. The number of urea groups is 1. The van der Waals surface area contributed by atoms with Crippen molar-refractivity contribution in [1.82, 2.24) is 9.91 Å². The molecule has 2 heterocycles. The second-order valence-corrected chi connectivity index (χ2v) is 6.40. The number of piperidine rings is 1. The number of nitrogen functional groups attached to an aromatic ring is 1. The summed E-state index contributed by atoms with van der Waals surface area (Å²) in [6, 6.07) is 3.64. The van der Waals surface area contributed by atoms with Gasteiger partial charge in [0.1, 0.15) is 0 Å². The molecule has 0 aromatic heterocycles. The van der Waals surface area contributed by atoms with Crippen molar-refractivity contribution in [2.45, 2.75) is 18.9 Å². The Morgan fingerprint density at radius 1 is 1.22 bits per heavy atom. The number of nitrogens with two attached hydrogens (primary N) is 2. The van der Waals surface area contributed by atoms with E-state index in [0.29, 0.717) is 29.4 Å². The highest BCUT2D eigenvalue weighted by molar-refractivity contribution is 6.31. The lowest BCUT2D eigenvalue weighted by Gasteiger charge is -2.38. The van der Waals surface area contributed by atoms with E-state index >= 15 is 0 Å². The van der Waals surface area contributed by atoms with Crippen LogP contribution in [0, 0.1) is 5.41 Å². The minimum Gasteiger partial charge on any atom is -0.398 e. The number of benzene rings is 1. The molecule has 23 heavy (non-hydrogen) atoms. The number of halogens is 1. The largest absolute Gasteiger partial charge is 0.398 e. The van der Waals surface area contributed by atoms with Gasteiger partial charge in [0, 0.05) is 53.9 Å². The van der Waals surface area contributed by atoms with Gasteiger partial charge in [-0.05, 0) is 25.0 Å². The third-order valence-electron chi connectivity index (χ3n) is 4.62. The smallest absolute Gasteiger partial charge is 0.334 e. The van der Waals surface area contributed by atoms with Crippen LogP contribution in [0.4, 0.5) is 16.2 Å². The zero-order valence-electron chi connectivity index (χ0n) is 12.8. The molecule has 2 aliphatic rings. The Morgan fingerprint density at radius 3 is 2.48 bits per heavy atom. The van der Waals surface area contributed by atoms with E-state index in [4.69, 9.17) is 28.6 Å². The van der Waals surface area contributed by atoms with E-state index in [-0.39, 0.29) is 12.1 Å². The quantitative estimate of drug-likeness (QED) is 0.337. The van der Waals surface area contributed by atoms with E-state index in [2.05, 4.69) is 4.90 Å². The molecule has 1 aromatic carbocycles. The first kappa shape index (κ1) is 15.9. The van der Waals surface area contributed by atoms with Crippen LogP contribution in [0.2, 0.25) is 5.02 Å². The van der Waals surface area contributed by atoms with Crippen LogP contribution in [0.3, 0.4) is 0 Å². The Bertz CT molecular complexity index is 629. The lowest BCUT2D eigenvalue weighted by Crippen LogP contribution is -2.47. The Labute approximate surface area is 140 Å². The van der Waals surface area contributed by atoms with Gasteiger partial charge in [-0.1, -0.05) is 11.6 Å². The summed E-state index contributed by atoms with van der Waals surface area (Å²) in [5, 5.41) is 9.44. The van der Waals surface area contributed by atoms with Gasteiger partial charge in [-0.2, -0.15) is 0 Å². The number of anilines is 2. The summed E-state index contributed by atoms with van der Waals surface area (Å²) in [4.78, 5) is 16.0. The Balaban J connectivity index is 1.72. The third kappa shape index (κ3) is 2.94. The molecule has 7 nitrogen and oxygen atoms in total. The number of hydrazine groups is 1. The Kier molecular flexibility index (Phi) is 4.32. The summed E-state index contributed by atoms with van der Waals surface area (Å²) < 4.78 is 0. The van der Waals surface area contributed by atoms with Crippen molar-refractivity contribution in [3.05, 3.63) is 22.7 Å². The van der Waals surface area contributed by atoms with Crippen LogP contribution >= 0.6 is 11.6 Å². The van der Waals surface area contributed by atoms with Gasteiger partial charge in [-0.25, -0.2) is 10.6 Å². The number of carbonyl (C=O) groups is 1. The topological polar surface area (TPSA) is 103 Å². The van der Waals surface area contributed by atoms with E-state index in [1.807, 2.05) is 11.0 Å². The number of amides is 2. The fourth-order valence-electron chi connectivity index (χ4n) is 3.37. The Hall–Kier alpha value is -1.99. The standard InChI is InChI=1S/C15H21ClN6O/c16-10-7-13(18)12(9-17)14(8-10)20-3-1-11(2-4-20)21-5-6-22(19)15(21)23/h7-9,11,17H,1-6,18-19H2. The maximum Gasteiger partial charge on any atom is 0.334 e. The number of nitrogens with zero attached hydrogens (tertiary/aromatic N) is 3. The average molecular weight is 337 g/mol. The molecule has 1 aromatic rings. The molecule has 2 amide bonds. The third-order valence-corrected chi connectivity index (χ3v) is 4.84. The summed E-state index contributed by atoms with van der Waals surface area (Å²) in [5.41, 5.74) is 8.06. The molecule has 0 unspecified atom stereocenters. The highest BCUT2D eigenvalue weighted by Gasteiger charge is 2.34. The zero-order valence-corrected chi connectivity index (χ0v) is 13.6. The molecule has 0 aliphatic carbocycles. The van der Waals surface area contributed by atoms with Crippen LogP contribution in [0.25, 0.3) is 0 Å². The minimum absolute atomic E-state index is 0.0874. The maximum absolute atomic E-state index is 12.0. The molecule has 0 radical (unpaired) electrons. The van der Waals surface area contributed by atoms with E-state index in [1.165, 1.54) is 11.2 Å². The first-order valence-electron chi connectivity index (χ1n) is 7.68. The number of hydrogen-bond acceptors (Lipinski definition) is 5. The van der Waals surface area contributed by atoms with E-state index in [9.17, 15) is 4.79 Å². The molecule has 5 N–H and O–H groups in total. The molecule has 124 valence electrons. The van der Waals surface area contributed by atoms with Crippen LogP contribution in [-0.4, -0.2) is 54.4 Å². The molecule has 0 bridgehead atoms. The molecule has 3 rings (SSSR count). The number of hydrogen-bond donors (Lipinski definition) is 3. The summed E-state index contributed by atoms with van der Waals surface area (Å²) in [6.45, 7) is 2.86. The van der Waals surface area contributed by atoms with Crippen LogP contribution in [0.15, 0.2) is 12.1 Å². The van der Waals surface area contributed by atoms with Gasteiger partial charge in [0.25, 0.3) is 0 Å². The fourth-order valence-corrected chi connectivity index (χ4v) is 3.59. The first-order valence-corrected chi connectivity index (χ1v) is 8.06. The SMILES string of the molecule is N=Cc1c(N)cc(Cl)cc1N1CCC(N2CCN(N)C2=O)CC1. The lowest BCUT2D eigenvalue weighted by atomic mass is 10.0. The predicted molar refractivity (Wildman–Crippen MR) is 92.0 cm³/mol. The molecule has 0 atom stereocenters. The normalized spacial score (nSPS) is 19.6. The maximum atomic E-state index is 12.0. The van der Waals surface area contributed by atoms with Crippen molar-refractivity contribution in [3.63, 3.8) is 0 Å². The second-order valence-electron chi connectivity index (χ2n) is 5.96. The second kappa shape index (κ2) is 6.25. The van der Waals surface area contributed by atoms with Crippen molar-refractivity contribution >= 4 is 35.2 Å². The lowest BCUT2D eigenvalue weighted by molar-refractivity contribution is 0.169. The summed E-state index contributed by atoms with van der Waals surface area (Å²) in [6.07, 6.45) is 3.00. The van der Waals surface area contributed by atoms with E-state index in [1.54, 1.807) is 6.07 Å². The van der Waals surface area contributed by atoms with E-state index in [0.717, 1.165) is 31.6 Å². The highest BCUT2D eigenvalue weighted by atomic mass is 35.5. The number of nitrogens with one attached hydrogen (secondary N) is 1. The molecule has 0 saturated carbocycles. The minimum atomic E-state index is -0.0874. The Morgan fingerprint density at radius 2 is 1.91 bits per heavy atom. The average Bonchev–Trinajstić information content (AvgIpc) is 2.86. The van der Waals surface area contributed by atoms with Gasteiger partial charge < -0.3 is 20.9 Å². The van der Waals surface area contributed by atoms with Crippen molar-refractivity contribution in [1.29, 1.82) is 5.41 Å². The number of carbonyl (C=O) groups excluding carboxylic acids is 1. The predicted octanol–water partition coefficient (Wildman–Crippen LogP) is 1.50. The van der Waals surface area contributed by atoms with Gasteiger partial charge in [0.05, 0.1) is 6.54 Å².